The number of hydrogen-bond acceptors (Lipinski definition) is 6. The minimum absolute atomic E-state index is 0.0885. The van der Waals surface area contributed by atoms with Crippen LogP contribution < -0.4 is 0 Å². The lowest BCUT2D eigenvalue weighted by atomic mass is 10.0. The second kappa shape index (κ2) is 59.9. The van der Waals surface area contributed by atoms with E-state index >= 15 is 0 Å². The molecule has 412 valence electrons. The minimum Gasteiger partial charge on any atom is -0.462 e. The highest BCUT2D eigenvalue weighted by molar-refractivity contribution is 5.71. The fraction of sp³-hybridized carbons (Fsp3) is 0.712. The van der Waals surface area contributed by atoms with Gasteiger partial charge in [-0.15, -0.1) is 0 Å². The molecule has 0 N–H and O–H groups in total. The van der Waals surface area contributed by atoms with Crippen molar-refractivity contribution in [2.75, 3.05) is 13.2 Å². The molecular weight excluding hydrogens is 889 g/mol. The Morgan fingerprint density at radius 1 is 0.292 bits per heavy atom. The van der Waals surface area contributed by atoms with E-state index in [1.54, 1.807) is 0 Å². The van der Waals surface area contributed by atoms with Crippen LogP contribution in [-0.4, -0.2) is 37.2 Å². The van der Waals surface area contributed by atoms with Crippen LogP contribution >= 0.6 is 0 Å². The van der Waals surface area contributed by atoms with Gasteiger partial charge in [-0.1, -0.05) is 266 Å². The summed E-state index contributed by atoms with van der Waals surface area (Å²) in [7, 11) is 0. The second-order valence-electron chi connectivity index (χ2n) is 19.9. The van der Waals surface area contributed by atoms with Gasteiger partial charge in [0.05, 0.1) is 0 Å². The smallest absolute Gasteiger partial charge is 0.306 e. The number of carbonyl (C=O) groups is 3. The van der Waals surface area contributed by atoms with Crippen molar-refractivity contribution < 1.29 is 28.6 Å². The average molecular weight is 1000 g/mol. The number of rotatable bonds is 54. The molecule has 0 aliphatic heterocycles. The van der Waals surface area contributed by atoms with E-state index in [2.05, 4.69) is 118 Å². The highest BCUT2D eigenvalue weighted by Gasteiger charge is 2.19. The highest BCUT2D eigenvalue weighted by Crippen LogP contribution is 2.16. The van der Waals surface area contributed by atoms with Gasteiger partial charge >= 0.3 is 17.9 Å². The molecule has 0 aromatic heterocycles. The van der Waals surface area contributed by atoms with Crippen molar-refractivity contribution in [3.63, 3.8) is 0 Å². The second-order valence-corrected chi connectivity index (χ2v) is 19.9. The zero-order valence-corrected chi connectivity index (χ0v) is 47.2. The monoisotopic (exact) mass is 1000 g/mol. The van der Waals surface area contributed by atoms with Gasteiger partial charge in [0.2, 0.25) is 0 Å². The van der Waals surface area contributed by atoms with Crippen LogP contribution in [0.5, 0.6) is 0 Å². The lowest BCUT2D eigenvalue weighted by Gasteiger charge is -2.18. The van der Waals surface area contributed by atoms with Crippen LogP contribution in [0.3, 0.4) is 0 Å². The molecule has 0 heterocycles. The lowest BCUT2D eigenvalue weighted by molar-refractivity contribution is -0.167. The molecule has 0 bridgehead atoms. The predicted octanol–water partition coefficient (Wildman–Crippen LogP) is 20.5. The van der Waals surface area contributed by atoms with Crippen LogP contribution in [-0.2, 0) is 28.6 Å². The van der Waals surface area contributed by atoms with Gasteiger partial charge in [0.25, 0.3) is 0 Å². The molecule has 0 amide bonds. The number of unbranched alkanes of at least 4 members (excludes halogenated alkanes) is 27. The van der Waals surface area contributed by atoms with E-state index in [-0.39, 0.29) is 31.1 Å². The molecule has 0 rings (SSSR count). The maximum Gasteiger partial charge on any atom is 0.306 e. The van der Waals surface area contributed by atoms with Gasteiger partial charge in [-0.25, -0.2) is 0 Å². The molecule has 0 radical (unpaired) electrons. The van der Waals surface area contributed by atoms with Crippen molar-refractivity contribution in [1.82, 2.24) is 0 Å². The van der Waals surface area contributed by atoms with Crippen LogP contribution in [0.2, 0.25) is 0 Å². The number of carbonyl (C=O) groups excluding carboxylic acids is 3. The number of hydrogen-bond donors (Lipinski definition) is 0. The molecule has 1 atom stereocenters. The Labute approximate surface area is 445 Å². The van der Waals surface area contributed by atoms with E-state index in [4.69, 9.17) is 14.2 Å². The summed E-state index contributed by atoms with van der Waals surface area (Å²) in [6, 6.07) is 0. The molecule has 6 heteroatoms. The third kappa shape index (κ3) is 57.2. The Morgan fingerprint density at radius 3 is 0.861 bits per heavy atom. The first-order chi connectivity index (χ1) is 35.5. The third-order valence-corrected chi connectivity index (χ3v) is 12.8. The summed E-state index contributed by atoms with van der Waals surface area (Å²) in [5.41, 5.74) is 0. The van der Waals surface area contributed by atoms with Crippen molar-refractivity contribution in [2.45, 2.75) is 290 Å². The summed E-state index contributed by atoms with van der Waals surface area (Å²) in [5.74, 6) is -0.919. The molecule has 0 aliphatic rings. The van der Waals surface area contributed by atoms with Gasteiger partial charge in [0.15, 0.2) is 6.10 Å². The maximum absolute atomic E-state index is 12.9. The van der Waals surface area contributed by atoms with Gasteiger partial charge in [0.1, 0.15) is 13.2 Å². The normalized spacial score (nSPS) is 12.8. The summed E-state index contributed by atoms with van der Waals surface area (Å²) in [6.07, 6.45) is 79.7. The van der Waals surface area contributed by atoms with E-state index in [1.807, 2.05) is 0 Å². The standard InChI is InChI=1S/C66H112O6/c1-4-7-10-13-16-19-22-25-28-31-33-35-38-41-44-47-50-53-56-59-65(68)71-62-63(61-70-64(67)58-55-52-49-46-43-40-37-30-27-24-21-18-15-12-9-6-3)72-66(69)60-57-54-51-48-45-42-39-36-34-32-29-26-23-20-17-14-11-8-5-2/h7-8,10-11,16-17,19-20,25-26,28-29,33,35,41,44,63H,4-6,9,12-15,18,21-24,27,30-32,34,36-40,42-43,45-62H2,1-3H3/b10-7-,11-8-,19-16-,20-17-,28-25-,29-26-,35-33-,44-41-. The fourth-order valence-corrected chi connectivity index (χ4v) is 8.37. The lowest BCUT2D eigenvalue weighted by Crippen LogP contribution is -2.30. The van der Waals surface area contributed by atoms with E-state index < -0.39 is 6.10 Å². The topological polar surface area (TPSA) is 78.9 Å². The summed E-state index contributed by atoms with van der Waals surface area (Å²) >= 11 is 0. The van der Waals surface area contributed by atoms with Gasteiger partial charge in [-0.3, -0.25) is 14.4 Å². The zero-order chi connectivity index (χ0) is 52.2. The third-order valence-electron chi connectivity index (χ3n) is 12.8. The quantitative estimate of drug-likeness (QED) is 0.0261. The van der Waals surface area contributed by atoms with Crippen molar-refractivity contribution in [3.8, 4) is 0 Å². The average Bonchev–Trinajstić information content (AvgIpc) is 3.38. The summed E-state index contributed by atoms with van der Waals surface area (Å²) in [5, 5.41) is 0. The van der Waals surface area contributed by atoms with E-state index in [1.165, 1.54) is 128 Å². The molecule has 0 aromatic rings. The van der Waals surface area contributed by atoms with Gasteiger partial charge < -0.3 is 14.2 Å². The summed E-state index contributed by atoms with van der Waals surface area (Å²) < 4.78 is 16.9. The van der Waals surface area contributed by atoms with Crippen LogP contribution in [0.25, 0.3) is 0 Å². The summed E-state index contributed by atoms with van der Waals surface area (Å²) in [6.45, 7) is 6.41. The Morgan fingerprint density at radius 2 is 0.542 bits per heavy atom. The molecule has 0 fully saturated rings. The number of ether oxygens (including phenoxy) is 3. The molecule has 0 aromatic carbocycles. The molecule has 1 unspecified atom stereocenters. The number of allylic oxidation sites excluding steroid dienone is 16. The Kier molecular flexibility index (Phi) is 56.8. The van der Waals surface area contributed by atoms with E-state index in [0.717, 1.165) is 116 Å². The van der Waals surface area contributed by atoms with Crippen molar-refractivity contribution in [2.24, 2.45) is 0 Å². The fourth-order valence-electron chi connectivity index (χ4n) is 8.37. The van der Waals surface area contributed by atoms with Crippen LogP contribution in [0, 0.1) is 0 Å². The zero-order valence-electron chi connectivity index (χ0n) is 47.2. The molecule has 0 saturated heterocycles. The van der Waals surface area contributed by atoms with E-state index in [9.17, 15) is 14.4 Å². The molecule has 6 nitrogen and oxygen atoms in total. The van der Waals surface area contributed by atoms with Crippen LogP contribution in [0.4, 0.5) is 0 Å². The van der Waals surface area contributed by atoms with Gasteiger partial charge in [0, 0.05) is 19.3 Å². The summed E-state index contributed by atoms with van der Waals surface area (Å²) in [4.78, 5) is 38.3. The van der Waals surface area contributed by atoms with Crippen molar-refractivity contribution >= 4 is 17.9 Å². The Hall–Kier alpha value is -3.67. The minimum atomic E-state index is -0.795. The molecule has 0 aliphatic carbocycles. The Balaban J connectivity index is 4.44. The van der Waals surface area contributed by atoms with Crippen LogP contribution in [0.15, 0.2) is 97.2 Å². The Bertz CT molecular complexity index is 1430. The van der Waals surface area contributed by atoms with Gasteiger partial charge in [-0.2, -0.15) is 0 Å². The highest BCUT2D eigenvalue weighted by atomic mass is 16.6. The van der Waals surface area contributed by atoms with Crippen molar-refractivity contribution in [3.05, 3.63) is 97.2 Å². The first-order valence-corrected chi connectivity index (χ1v) is 30.2. The maximum atomic E-state index is 12.9. The predicted molar refractivity (Wildman–Crippen MR) is 311 cm³/mol. The number of esters is 3. The molecule has 72 heavy (non-hydrogen) atoms. The molecule has 0 spiro atoms. The largest absolute Gasteiger partial charge is 0.462 e. The molecule has 0 saturated carbocycles. The first-order valence-electron chi connectivity index (χ1n) is 30.2. The molecular formula is C66H112O6. The first kappa shape index (κ1) is 68.3. The SMILES string of the molecule is CC/C=C\C/C=C\C/C=C\C/C=C\C/C=C\CCCCCC(=O)OCC(COC(=O)CCCCCCCCCCCCCCCCCC)OC(=O)CCCCCCCCCCC/C=C\C/C=C\C/C=C\CC. The van der Waals surface area contributed by atoms with Crippen molar-refractivity contribution in [1.29, 1.82) is 0 Å². The van der Waals surface area contributed by atoms with E-state index in [0.29, 0.717) is 19.3 Å². The van der Waals surface area contributed by atoms with Crippen LogP contribution in [0.1, 0.15) is 284 Å². The van der Waals surface area contributed by atoms with Gasteiger partial charge in [-0.05, 0) is 96.3 Å².